The van der Waals surface area contributed by atoms with Gasteiger partial charge in [-0.25, -0.2) is 0 Å². The Labute approximate surface area is 134 Å². The molecule has 4 heteroatoms. The summed E-state index contributed by atoms with van der Waals surface area (Å²) >= 11 is 0. The highest BCUT2D eigenvalue weighted by atomic mass is 16.2. The second-order valence-corrected chi connectivity index (χ2v) is 6.64. The van der Waals surface area contributed by atoms with E-state index in [1.807, 2.05) is 26.0 Å². The van der Waals surface area contributed by atoms with Gasteiger partial charge in [-0.3, -0.25) is 4.79 Å². The minimum Gasteiger partial charge on any atom is -0.355 e. The number of benzene rings is 1. The van der Waals surface area contributed by atoms with Gasteiger partial charge >= 0.3 is 0 Å². The van der Waals surface area contributed by atoms with Crippen LogP contribution in [0.3, 0.4) is 0 Å². The molecule has 122 valence electrons. The van der Waals surface area contributed by atoms with E-state index in [2.05, 4.69) is 34.6 Å². The van der Waals surface area contributed by atoms with Gasteiger partial charge in [0.1, 0.15) is 0 Å². The molecule has 1 fully saturated rings. The number of amides is 1. The number of aryl methyl sites for hydroxylation is 1. The number of hydrogen-bond acceptors (Lipinski definition) is 3. The Kier molecular flexibility index (Phi) is 5.98. The summed E-state index contributed by atoms with van der Waals surface area (Å²) in [5, 5.41) is 6.46. The number of nitrogens with zero attached hydrogens (tertiary/aromatic N) is 1. The molecule has 22 heavy (non-hydrogen) atoms. The van der Waals surface area contributed by atoms with Gasteiger partial charge in [0.25, 0.3) is 0 Å². The number of piperazine rings is 1. The third-order valence-electron chi connectivity index (χ3n) is 4.53. The van der Waals surface area contributed by atoms with Crippen LogP contribution in [-0.4, -0.2) is 50.1 Å². The van der Waals surface area contributed by atoms with Crippen molar-refractivity contribution in [3.8, 4) is 0 Å². The number of carbonyl (C=O) groups is 1. The molecule has 1 aromatic carbocycles. The molecular formula is C18H29N3O. The van der Waals surface area contributed by atoms with Crippen molar-refractivity contribution in [2.75, 3.05) is 39.3 Å². The summed E-state index contributed by atoms with van der Waals surface area (Å²) in [4.78, 5) is 15.0. The van der Waals surface area contributed by atoms with Gasteiger partial charge in [-0.1, -0.05) is 24.3 Å². The van der Waals surface area contributed by atoms with Crippen LogP contribution in [0.1, 0.15) is 31.4 Å². The number of rotatable bonds is 6. The van der Waals surface area contributed by atoms with Crippen molar-refractivity contribution >= 4 is 5.91 Å². The van der Waals surface area contributed by atoms with Gasteiger partial charge < -0.3 is 15.5 Å². The Balaban J connectivity index is 1.79. The molecule has 1 aliphatic rings. The lowest BCUT2D eigenvalue weighted by Crippen LogP contribution is -2.45. The van der Waals surface area contributed by atoms with Gasteiger partial charge in [0.05, 0.1) is 5.41 Å². The van der Waals surface area contributed by atoms with Crippen molar-refractivity contribution < 1.29 is 4.79 Å². The van der Waals surface area contributed by atoms with Crippen molar-refractivity contribution in [3.05, 3.63) is 35.4 Å². The Morgan fingerprint density at radius 2 is 1.95 bits per heavy atom. The first-order valence-electron chi connectivity index (χ1n) is 8.29. The molecular weight excluding hydrogens is 274 g/mol. The fourth-order valence-electron chi connectivity index (χ4n) is 3.06. The molecule has 0 radical (unpaired) electrons. The van der Waals surface area contributed by atoms with Crippen LogP contribution in [0.2, 0.25) is 0 Å². The molecule has 0 unspecified atom stereocenters. The van der Waals surface area contributed by atoms with Crippen molar-refractivity contribution in [3.63, 3.8) is 0 Å². The zero-order chi connectivity index (χ0) is 16.0. The maximum Gasteiger partial charge on any atom is 0.230 e. The fourth-order valence-corrected chi connectivity index (χ4v) is 3.06. The SMILES string of the molecule is Cc1ccccc1C(C)(C)C(=O)NCCCN1CCNCC1. The van der Waals surface area contributed by atoms with Gasteiger partial charge in [0.15, 0.2) is 0 Å². The zero-order valence-electron chi connectivity index (χ0n) is 14.1. The van der Waals surface area contributed by atoms with Crippen LogP contribution < -0.4 is 10.6 Å². The average molecular weight is 303 g/mol. The summed E-state index contributed by atoms with van der Waals surface area (Å²) in [6.07, 6.45) is 1.01. The molecule has 4 nitrogen and oxygen atoms in total. The van der Waals surface area contributed by atoms with E-state index >= 15 is 0 Å². The molecule has 2 rings (SSSR count). The van der Waals surface area contributed by atoms with Crippen LogP contribution in [0.5, 0.6) is 0 Å². The molecule has 1 aliphatic heterocycles. The third kappa shape index (κ3) is 4.31. The Morgan fingerprint density at radius 3 is 2.64 bits per heavy atom. The summed E-state index contributed by atoms with van der Waals surface area (Å²) in [5.41, 5.74) is 1.79. The topological polar surface area (TPSA) is 44.4 Å². The zero-order valence-corrected chi connectivity index (χ0v) is 14.1. The molecule has 0 atom stereocenters. The highest BCUT2D eigenvalue weighted by Crippen LogP contribution is 2.26. The van der Waals surface area contributed by atoms with Crippen LogP contribution in [0.25, 0.3) is 0 Å². The minimum absolute atomic E-state index is 0.113. The van der Waals surface area contributed by atoms with E-state index in [4.69, 9.17) is 0 Å². The van der Waals surface area contributed by atoms with Crippen molar-refractivity contribution in [2.45, 2.75) is 32.6 Å². The average Bonchev–Trinajstić information content (AvgIpc) is 2.52. The fraction of sp³-hybridized carbons (Fsp3) is 0.611. The van der Waals surface area contributed by atoms with Crippen molar-refractivity contribution in [2.24, 2.45) is 0 Å². The Morgan fingerprint density at radius 1 is 1.27 bits per heavy atom. The normalized spacial score (nSPS) is 16.5. The number of carbonyl (C=O) groups excluding carboxylic acids is 1. The van der Waals surface area contributed by atoms with E-state index in [1.54, 1.807) is 0 Å². The second kappa shape index (κ2) is 7.75. The van der Waals surface area contributed by atoms with Gasteiger partial charge in [-0.05, 0) is 44.9 Å². The van der Waals surface area contributed by atoms with Crippen molar-refractivity contribution in [1.29, 1.82) is 0 Å². The molecule has 1 aromatic rings. The summed E-state index contributed by atoms with van der Waals surface area (Å²) in [5.74, 6) is 0.113. The van der Waals surface area contributed by atoms with E-state index in [1.165, 1.54) is 5.56 Å². The van der Waals surface area contributed by atoms with Crippen molar-refractivity contribution in [1.82, 2.24) is 15.5 Å². The highest BCUT2D eigenvalue weighted by molar-refractivity contribution is 5.87. The third-order valence-corrected chi connectivity index (χ3v) is 4.53. The van der Waals surface area contributed by atoms with E-state index < -0.39 is 5.41 Å². The van der Waals surface area contributed by atoms with Gasteiger partial charge in [-0.2, -0.15) is 0 Å². The first-order valence-corrected chi connectivity index (χ1v) is 8.29. The van der Waals surface area contributed by atoms with E-state index in [0.29, 0.717) is 0 Å². The molecule has 0 saturated carbocycles. The molecule has 2 N–H and O–H groups in total. The lowest BCUT2D eigenvalue weighted by molar-refractivity contribution is -0.125. The van der Waals surface area contributed by atoms with Gasteiger partial charge in [-0.15, -0.1) is 0 Å². The smallest absolute Gasteiger partial charge is 0.230 e. The predicted molar refractivity (Wildman–Crippen MR) is 91.1 cm³/mol. The summed E-state index contributed by atoms with van der Waals surface area (Å²) < 4.78 is 0. The lowest BCUT2D eigenvalue weighted by Gasteiger charge is -2.28. The van der Waals surface area contributed by atoms with Crippen LogP contribution in [0.4, 0.5) is 0 Å². The maximum absolute atomic E-state index is 12.5. The quantitative estimate of drug-likeness (QED) is 0.786. The molecule has 0 bridgehead atoms. The second-order valence-electron chi connectivity index (χ2n) is 6.64. The first kappa shape index (κ1) is 17.0. The largest absolute Gasteiger partial charge is 0.355 e. The lowest BCUT2D eigenvalue weighted by atomic mass is 9.81. The van der Waals surface area contributed by atoms with Gasteiger partial charge in [0.2, 0.25) is 5.91 Å². The predicted octanol–water partition coefficient (Wildman–Crippen LogP) is 1.68. The molecule has 0 spiro atoms. The highest BCUT2D eigenvalue weighted by Gasteiger charge is 2.30. The molecule has 1 amide bonds. The summed E-state index contributed by atoms with van der Waals surface area (Å²) in [7, 11) is 0. The number of nitrogens with one attached hydrogen (secondary N) is 2. The van der Waals surface area contributed by atoms with E-state index in [-0.39, 0.29) is 5.91 Å². The van der Waals surface area contributed by atoms with E-state index in [0.717, 1.165) is 51.3 Å². The molecule has 0 aromatic heterocycles. The first-order chi connectivity index (χ1) is 10.5. The monoisotopic (exact) mass is 303 g/mol. The summed E-state index contributed by atoms with van der Waals surface area (Å²) in [6, 6.07) is 8.13. The molecule has 1 heterocycles. The minimum atomic E-state index is -0.486. The summed E-state index contributed by atoms with van der Waals surface area (Å²) in [6.45, 7) is 12.3. The maximum atomic E-state index is 12.5. The van der Waals surface area contributed by atoms with Crippen LogP contribution in [-0.2, 0) is 10.2 Å². The Hall–Kier alpha value is -1.39. The standard InChI is InChI=1S/C18H29N3O/c1-15-7-4-5-8-16(15)18(2,3)17(22)20-9-6-12-21-13-10-19-11-14-21/h4-5,7-8,19H,6,9-14H2,1-3H3,(H,20,22). The Bertz CT molecular complexity index is 493. The van der Waals surface area contributed by atoms with Crippen LogP contribution in [0.15, 0.2) is 24.3 Å². The number of hydrogen-bond donors (Lipinski definition) is 2. The van der Waals surface area contributed by atoms with Crippen LogP contribution in [0, 0.1) is 6.92 Å². The molecule has 0 aliphatic carbocycles. The van der Waals surface area contributed by atoms with Crippen LogP contribution >= 0.6 is 0 Å². The molecule has 1 saturated heterocycles. The van der Waals surface area contributed by atoms with E-state index in [9.17, 15) is 4.79 Å². The van der Waals surface area contributed by atoms with Gasteiger partial charge in [0, 0.05) is 32.7 Å².